The smallest absolute Gasteiger partial charge is 0.119 e. The average molecular weight is 175 g/mol. The second-order valence-corrected chi connectivity index (χ2v) is 3.01. The van der Waals surface area contributed by atoms with Crippen molar-refractivity contribution in [1.29, 1.82) is 0 Å². The fourth-order valence-electron chi connectivity index (χ4n) is 1.17. The molecule has 0 aromatic carbocycles. The zero-order valence-corrected chi connectivity index (χ0v) is 7.92. The van der Waals surface area contributed by atoms with Crippen LogP contribution in [0.5, 0.6) is 0 Å². The fraction of sp³-hybridized carbons (Fsp3) is 0.889. The second kappa shape index (κ2) is 7.22. The van der Waals surface area contributed by atoms with Crippen LogP contribution in [-0.4, -0.2) is 37.5 Å². The average Bonchev–Trinajstić information content (AvgIpc) is 2.51. The first-order valence-corrected chi connectivity index (χ1v) is 4.46. The predicted molar refractivity (Wildman–Crippen MR) is 48.0 cm³/mol. The monoisotopic (exact) mass is 175 g/mol. The molecule has 0 radical (unpaired) electrons. The third-order valence-electron chi connectivity index (χ3n) is 2.02. The van der Waals surface area contributed by atoms with E-state index in [4.69, 9.17) is 0 Å². The Bertz CT molecular complexity index is 119. The molecule has 0 aromatic rings. The number of halogens is 1. The summed E-state index contributed by atoms with van der Waals surface area (Å²) in [5, 5.41) is 0. The highest BCUT2D eigenvalue weighted by molar-refractivity contribution is 5.48. The highest BCUT2D eigenvalue weighted by Crippen LogP contribution is 2.14. The number of aldehydes is 1. The van der Waals surface area contributed by atoms with Crippen LogP contribution in [-0.2, 0) is 4.79 Å². The number of nitrogens with zero attached hydrogens (tertiary/aromatic N) is 1. The minimum Gasteiger partial charge on any atom is -0.303 e. The van der Waals surface area contributed by atoms with Gasteiger partial charge in [-0.1, -0.05) is 6.92 Å². The van der Waals surface area contributed by atoms with Crippen molar-refractivity contribution in [3.8, 4) is 0 Å². The Kier molecular flexibility index (Phi) is 6.96. The summed E-state index contributed by atoms with van der Waals surface area (Å²) in [6, 6.07) is 0.231. The van der Waals surface area contributed by atoms with E-state index in [0.717, 1.165) is 19.3 Å². The van der Waals surface area contributed by atoms with E-state index in [0.29, 0.717) is 6.42 Å². The Morgan fingerprint density at radius 3 is 2.42 bits per heavy atom. The number of carbonyl (C=O) groups is 1. The summed E-state index contributed by atoms with van der Waals surface area (Å²) in [6.07, 6.45) is 3.73. The molecule has 3 heteroatoms. The molecular formula is C9H18FNO. The van der Waals surface area contributed by atoms with Gasteiger partial charge in [0, 0.05) is 12.5 Å². The molecule has 0 N–H and O–H groups in total. The minimum absolute atomic E-state index is 0.170. The van der Waals surface area contributed by atoms with Crippen LogP contribution in [0, 0.1) is 0 Å². The Morgan fingerprint density at radius 1 is 1.67 bits per heavy atom. The summed E-state index contributed by atoms with van der Waals surface area (Å²) in [5.74, 6) is 0. The van der Waals surface area contributed by atoms with E-state index in [1.165, 1.54) is 6.42 Å². The molecule has 2 nitrogen and oxygen atoms in total. The minimum atomic E-state index is -0.170. The third-order valence-corrected chi connectivity index (χ3v) is 2.02. The van der Waals surface area contributed by atoms with E-state index >= 15 is 0 Å². The lowest BCUT2D eigenvalue weighted by Crippen LogP contribution is -2.26. The van der Waals surface area contributed by atoms with Crippen LogP contribution in [0.15, 0.2) is 0 Å². The van der Waals surface area contributed by atoms with Gasteiger partial charge in [0.2, 0.25) is 0 Å². The Morgan fingerprint density at radius 2 is 2.25 bits per heavy atom. The lowest BCUT2D eigenvalue weighted by Gasteiger charge is -2.14. The molecule has 12 heavy (non-hydrogen) atoms. The molecule has 0 aliphatic carbocycles. The van der Waals surface area contributed by atoms with E-state index < -0.39 is 0 Å². The van der Waals surface area contributed by atoms with Crippen molar-refractivity contribution < 1.29 is 9.18 Å². The van der Waals surface area contributed by atoms with Gasteiger partial charge in [-0.2, -0.15) is 0 Å². The third kappa shape index (κ3) is 4.44. The molecule has 0 aromatic heterocycles. The Hall–Kier alpha value is -0.440. The molecule has 1 rings (SSSR count). The van der Waals surface area contributed by atoms with Gasteiger partial charge in [0.1, 0.15) is 13.0 Å². The topological polar surface area (TPSA) is 20.3 Å². The summed E-state index contributed by atoms with van der Waals surface area (Å²) >= 11 is 0. The van der Waals surface area contributed by atoms with E-state index in [1.807, 2.05) is 14.0 Å². The predicted octanol–water partition coefficient (Wildman–Crippen LogP) is 1.65. The van der Waals surface area contributed by atoms with Crippen molar-refractivity contribution >= 4 is 6.29 Å². The van der Waals surface area contributed by atoms with E-state index in [1.54, 1.807) is 0 Å². The van der Waals surface area contributed by atoms with Gasteiger partial charge in [-0.15, -0.1) is 0 Å². The van der Waals surface area contributed by atoms with Crippen molar-refractivity contribution in [3.05, 3.63) is 0 Å². The van der Waals surface area contributed by atoms with E-state index in [-0.39, 0.29) is 12.7 Å². The van der Waals surface area contributed by atoms with Crippen molar-refractivity contribution in [2.24, 2.45) is 0 Å². The van der Waals surface area contributed by atoms with Gasteiger partial charge < -0.3 is 9.69 Å². The number of hydrogen-bond donors (Lipinski definition) is 0. The molecule has 1 saturated heterocycles. The zero-order valence-electron chi connectivity index (χ0n) is 7.92. The molecular weight excluding hydrogens is 157 g/mol. The lowest BCUT2D eigenvalue weighted by molar-refractivity contribution is -0.107. The Balaban J connectivity index is 0.000000261. The molecule has 1 aliphatic rings. The van der Waals surface area contributed by atoms with Crippen molar-refractivity contribution in [3.63, 3.8) is 0 Å². The molecule has 0 amide bonds. The van der Waals surface area contributed by atoms with Gasteiger partial charge in [-0.25, -0.2) is 4.39 Å². The van der Waals surface area contributed by atoms with Crippen LogP contribution < -0.4 is 0 Å². The zero-order chi connectivity index (χ0) is 9.40. The first-order valence-electron chi connectivity index (χ1n) is 4.46. The van der Waals surface area contributed by atoms with Crippen molar-refractivity contribution in [2.45, 2.75) is 32.2 Å². The number of rotatable bonds is 2. The first kappa shape index (κ1) is 11.6. The fourth-order valence-corrected chi connectivity index (χ4v) is 1.17. The molecule has 1 heterocycles. The summed E-state index contributed by atoms with van der Waals surface area (Å²) in [5.41, 5.74) is 0. The standard InChI is InChI=1S/C6H12FN.C3H6O/c1-8-4-2-3-6(8)5-7;1-2-3-4/h6H,2-5H2,1H3;3H,2H2,1H3. The van der Waals surface area contributed by atoms with Gasteiger partial charge in [-0.05, 0) is 26.4 Å². The summed E-state index contributed by atoms with van der Waals surface area (Å²) in [7, 11) is 1.98. The van der Waals surface area contributed by atoms with E-state index in [9.17, 15) is 9.18 Å². The van der Waals surface area contributed by atoms with Crippen LogP contribution in [0.4, 0.5) is 4.39 Å². The number of alkyl halides is 1. The summed E-state index contributed by atoms with van der Waals surface area (Å²) < 4.78 is 11.9. The van der Waals surface area contributed by atoms with Crippen LogP contribution >= 0.6 is 0 Å². The maximum Gasteiger partial charge on any atom is 0.119 e. The number of hydrogen-bond acceptors (Lipinski definition) is 2. The molecule has 1 aliphatic heterocycles. The van der Waals surface area contributed by atoms with Gasteiger partial charge in [0.15, 0.2) is 0 Å². The van der Waals surface area contributed by atoms with Gasteiger partial charge >= 0.3 is 0 Å². The largest absolute Gasteiger partial charge is 0.303 e. The molecule has 0 bridgehead atoms. The van der Waals surface area contributed by atoms with Crippen LogP contribution in [0.1, 0.15) is 26.2 Å². The number of likely N-dealkylation sites (tertiary alicyclic amines) is 1. The number of carbonyl (C=O) groups excluding carboxylic acids is 1. The first-order chi connectivity index (χ1) is 5.76. The maximum atomic E-state index is 11.9. The lowest BCUT2D eigenvalue weighted by atomic mass is 10.2. The second-order valence-electron chi connectivity index (χ2n) is 3.01. The quantitative estimate of drug-likeness (QED) is 0.595. The normalized spacial score (nSPS) is 23.1. The van der Waals surface area contributed by atoms with Crippen molar-refractivity contribution in [1.82, 2.24) is 4.90 Å². The summed E-state index contributed by atoms with van der Waals surface area (Å²) in [4.78, 5) is 11.3. The SMILES string of the molecule is CCC=O.CN1CCCC1CF. The molecule has 1 unspecified atom stereocenters. The highest BCUT2D eigenvalue weighted by Gasteiger charge is 2.19. The maximum absolute atomic E-state index is 11.9. The van der Waals surface area contributed by atoms with Crippen LogP contribution in [0.3, 0.4) is 0 Å². The van der Waals surface area contributed by atoms with E-state index in [2.05, 4.69) is 4.90 Å². The van der Waals surface area contributed by atoms with Crippen LogP contribution in [0.2, 0.25) is 0 Å². The van der Waals surface area contributed by atoms with Gasteiger partial charge in [0.25, 0.3) is 0 Å². The van der Waals surface area contributed by atoms with Gasteiger partial charge in [-0.3, -0.25) is 0 Å². The molecule has 1 fully saturated rings. The molecule has 72 valence electrons. The van der Waals surface area contributed by atoms with Gasteiger partial charge in [0.05, 0.1) is 0 Å². The molecule has 0 spiro atoms. The van der Waals surface area contributed by atoms with Crippen LogP contribution in [0.25, 0.3) is 0 Å². The Labute approximate surface area is 73.7 Å². The molecule has 1 atom stereocenters. The summed E-state index contributed by atoms with van der Waals surface area (Å²) in [6.45, 7) is 2.72. The highest BCUT2D eigenvalue weighted by atomic mass is 19.1. The van der Waals surface area contributed by atoms with Crippen molar-refractivity contribution in [2.75, 3.05) is 20.3 Å². The molecule has 0 saturated carbocycles.